The van der Waals surface area contributed by atoms with Crippen molar-refractivity contribution in [2.24, 2.45) is 0 Å². The van der Waals surface area contributed by atoms with E-state index in [1.165, 1.54) is 5.56 Å². The molecule has 0 saturated heterocycles. The minimum Gasteiger partial charge on any atom is -0.369 e. The number of fused-ring (bicyclic) bond motifs is 1. The van der Waals surface area contributed by atoms with Crippen LogP contribution in [0.4, 0.5) is 5.95 Å². The SMILES string of the molecule is Nc1nc2cc(Br)ccc2n1CCc1ccc(Cl)cc1. The lowest BCUT2D eigenvalue weighted by Gasteiger charge is -2.07. The number of benzene rings is 2. The van der Waals surface area contributed by atoms with Gasteiger partial charge in [-0.3, -0.25) is 0 Å². The van der Waals surface area contributed by atoms with Gasteiger partial charge in [-0.2, -0.15) is 0 Å². The number of aromatic nitrogens is 2. The van der Waals surface area contributed by atoms with Crippen molar-refractivity contribution in [2.75, 3.05) is 5.73 Å². The van der Waals surface area contributed by atoms with Gasteiger partial charge in [0, 0.05) is 16.0 Å². The van der Waals surface area contributed by atoms with E-state index in [-0.39, 0.29) is 0 Å². The van der Waals surface area contributed by atoms with Crippen LogP contribution in [0.15, 0.2) is 46.9 Å². The predicted octanol–water partition coefficient (Wildman–Crippen LogP) is 4.28. The number of imidazole rings is 1. The summed E-state index contributed by atoms with van der Waals surface area (Å²) in [6.45, 7) is 0.797. The van der Waals surface area contributed by atoms with Gasteiger partial charge in [0.05, 0.1) is 11.0 Å². The van der Waals surface area contributed by atoms with Gasteiger partial charge in [0.25, 0.3) is 0 Å². The molecule has 0 bridgehead atoms. The topological polar surface area (TPSA) is 43.8 Å². The largest absolute Gasteiger partial charge is 0.369 e. The molecule has 1 aromatic heterocycles. The van der Waals surface area contributed by atoms with E-state index in [9.17, 15) is 0 Å². The molecule has 102 valence electrons. The Morgan fingerprint density at radius 3 is 2.65 bits per heavy atom. The predicted molar refractivity (Wildman–Crippen MR) is 87.0 cm³/mol. The first kappa shape index (κ1) is 13.5. The molecule has 2 aromatic carbocycles. The minimum absolute atomic E-state index is 0.548. The van der Waals surface area contributed by atoms with Crippen LogP contribution in [0, 0.1) is 0 Å². The summed E-state index contributed by atoms with van der Waals surface area (Å²) in [6, 6.07) is 13.9. The highest BCUT2D eigenvalue weighted by atomic mass is 79.9. The molecule has 0 aliphatic rings. The molecule has 0 fully saturated rings. The Labute approximate surface area is 130 Å². The monoisotopic (exact) mass is 349 g/mol. The van der Waals surface area contributed by atoms with Crippen LogP contribution in [0.3, 0.4) is 0 Å². The zero-order valence-corrected chi connectivity index (χ0v) is 13.0. The van der Waals surface area contributed by atoms with Gasteiger partial charge in [-0.25, -0.2) is 4.98 Å². The fourth-order valence-corrected chi connectivity index (χ4v) is 2.72. The van der Waals surface area contributed by atoms with E-state index in [1.807, 2.05) is 47.0 Å². The molecule has 1 heterocycles. The van der Waals surface area contributed by atoms with Gasteiger partial charge in [0.1, 0.15) is 0 Å². The average molecular weight is 351 g/mol. The van der Waals surface area contributed by atoms with Crippen molar-refractivity contribution in [1.82, 2.24) is 9.55 Å². The molecule has 0 spiro atoms. The molecule has 0 atom stereocenters. The van der Waals surface area contributed by atoms with Gasteiger partial charge >= 0.3 is 0 Å². The van der Waals surface area contributed by atoms with Crippen molar-refractivity contribution in [3.63, 3.8) is 0 Å². The van der Waals surface area contributed by atoms with E-state index >= 15 is 0 Å². The third kappa shape index (κ3) is 2.67. The molecule has 3 nitrogen and oxygen atoms in total. The quantitative estimate of drug-likeness (QED) is 0.766. The smallest absolute Gasteiger partial charge is 0.201 e. The highest BCUT2D eigenvalue weighted by Gasteiger charge is 2.08. The molecule has 2 N–H and O–H groups in total. The Bertz CT molecular complexity index is 750. The third-order valence-corrected chi connectivity index (χ3v) is 4.02. The molecular weight excluding hydrogens is 338 g/mol. The van der Waals surface area contributed by atoms with E-state index in [0.717, 1.165) is 33.5 Å². The minimum atomic E-state index is 0.548. The van der Waals surface area contributed by atoms with Crippen LogP contribution in [-0.2, 0) is 13.0 Å². The standard InChI is InChI=1S/C15H13BrClN3/c16-11-3-6-14-13(9-11)19-15(18)20(14)8-7-10-1-4-12(17)5-2-10/h1-6,9H,7-8H2,(H2,18,19). The number of halogens is 2. The second-order valence-corrected chi connectivity index (χ2v) is 5.98. The third-order valence-electron chi connectivity index (χ3n) is 3.28. The van der Waals surface area contributed by atoms with Crippen molar-refractivity contribution >= 4 is 44.5 Å². The number of aryl methyl sites for hydroxylation is 2. The summed E-state index contributed by atoms with van der Waals surface area (Å²) < 4.78 is 3.04. The normalized spacial score (nSPS) is 11.1. The molecule has 0 aliphatic carbocycles. The molecule has 0 saturated carbocycles. The maximum absolute atomic E-state index is 6.01. The molecule has 0 aliphatic heterocycles. The van der Waals surface area contributed by atoms with Crippen molar-refractivity contribution in [3.05, 3.63) is 57.5 Å². The lowest BCUT2D eigenvalue weighted by atomic mass is 10.1. The molecule has 5 heteroatoms. The summed E-state index contributed by atoms with van der Waals surface area (Å²) in [5, 5.41) is 0.756. The van der Waals surface area contributed by atoms with Gasteiger partial charge in [0.15, 0.2) is 0 Å². The second-order valence-electron chi connectivity index (χ2n) is 4.63. The Kier molecular flexibility index (Phi) is 3.68. The fraction of sp³-hybridized carbons (Fsp3) is 0.133. The molecule has 20 heavy (non-hydrogen) atoms. The molecule has 0 amide bonds. The van der Waals surface area contributed by atoms with Gasteiger partial charge in [0.2, 0.25) is 5.95 Å². The van der Waals surface area contributed by atoms with E-state index in [1.54, 1.807) is 0 Å². The van der Waals surface area contributed by atoms with Crippen LogP contribution in [0.2, 0.25) is 5.02 Å². The van der Waals surface area contributed by atoms with Crippen LogP contribution in [0.5, 0.6) is 0 Å². The Balaban J connectivity index is 1.87. The number of nitrogens with two attached hydrogens (primary N) is 1. The number of hydrogen-bond donors (Lipinski definition) is 1. The highest BCUT2D eigenvalue weighted by molar-refractivity contribution is 9.10. The molecule has 3 aromatic rings. The number of nitrogen functional groups attached to an aromatic ring is 1. The van der Waals surface area contributed by atoms with Gasteiger partial charge in [-0.1, -0.05) is 39.7 Å². The van der Waals surface area contributed by atoms with Crippen molar-refractivity contribution in [2.45, 2.75) is 13.0 Å². The van der Waals surface area contributed by atoms with Gasteiger partial charge < -0.3 is 10.3 Å². The van der Waals surface area contributed by atoms with Crippen molar-refractivity contribution in [1.29, 1.82) is 0 Å². The van der Waals surface area contributed by atoms with Crippen LogP contribution >= 0.6 is 27.5 Å². The van der Waals surface area contributed by atoms with E-state index in [0.29, 0.717) is 5.95 Å². The van der Waals surface area contributed by atoms with Crippen molar-refractivity contribution < 1.29 is 0 Å². The van der Waals surface area contributed by atoms with Crippen LogP contribution in [0.25, 0.3) is 11.0 Å². The molecule has 0 radical (unpaired) electrons. The van der Waals surface area contributed by atoms with Gasteiger partial charge in [-0.05, 0) is 42.3 Å². The fourth-order valence-electron chi connectivity index (χ4n) is 2.25. The summed E-state index contributed by atoms with van der Waals surface area (Å²) in [7, 11) is 0. The summed E-state index contributed by atoms with van der Waals surface area (Å²) in [6.07, 6.45) is 0.892. The zero-order valence-electron chi connectivity index (χ0n) is 10.7. The number of anilines is 1. The lowest BCUT2D eigenvalue weighted by molar-refractivity contribution is 0.726. The summed E-state index contributed by atoms with van der Waals surface area (Å²) in [5.41, 5.74) is 9.20. The summed E-state index contributed by atoms with van der Waals surface area (Å²) in [4.78, 5) is 4.39. The van der Waals surface area contributed by atoms with Crippen LogP contribution < -0.4 is 5.73 Å². The maximum Gasteiger partial charge on any atom is 0.201 e. The summed E-state index contributed by atoms with van der Waals surface area (Å²) in [5.74, 6) is 0.548. The van der Waals surface area contributed by atoms with Crippen LogP contribution in [-0.4, -0.2) is 9.55 Å². The Hall–Kier alpha value is -1.52. The summed E-state index contributed by atoms with van der Waals surface area (Å²) >= 11 is 9.34. The van der Waals surface area contributed by atoms with E-state index in [2.05, 4.69) is 20.9 Å². The molecule has 0 unspecified atom stereocenters. The molecule has 3 rings (SSSR count). The first-order valence-corrected chi connectivity index (χ1v) is 7.46. The Morgan fingerprint density at radius 2 is 1.90 bits per heavy atom. The second kappa shape index (κ2) is 5.46. The van der Waals surface area contributed by atoms with Gasteiger partial charge in [-0.15, -0.1) is 0 Å². The maximum atomic E-state index is 6.01. The molecular formula is C15H13BrClN3. The lowest BCUT2D eigenvalue weighted by Crippen LogP contribution is -2.05. The van der Waals surface area contributed by atoms with Crippen molar-refractivity contribution in [3.8, 4) is 0 Å². The number of rotatable bonds is 3. The first-order chi connectivity index (χ1) is 9.63. The zero-order chi connectivity index (χ0) is 14.1. The Morgan fingerprint density at radius 1 is 1.15 bits per heavy atom. The van der Waals surface area contributed by atoms with E-state index in [4.69, 9.17) is 17.3 Å². The first-order valence-electron chi connectivity index (χ1n) is 6.29. The number of hydrogen-bond acceptors (Lipinski definition) is 2. The number of nitrogens with zero attached hydrogens (tertiary/aromatic N) is 2. The highest BCUT2D eigenvalue weighted by Crippen LogP contribution is 2.22. The van der Waals surface area contributed by atoms with Crippen LogP contribution in [0.1, 0.15) is 5.56 Å². The van der Waals surface area contributed by atoms with E-state index < -0.39 is 0 Å². The average Bonchev–Trinajstić information content (AvgIpc) is 2.73.